The monoisotopic (exact) mass is 187 g/mol. The van der Waals surface area contributed by atoms with E-state index in [1.807, 2.05) is 6.07 Å². The van der Waals surface area contributed by atoms with Crippen LogP contribution in [0.4, 0.5) is 4.39 Å². The summed E-state index contributed by atoms with van der Waals surface area (Å²) in [6, 6.07) is 6.33. The Morgan fingerprint density at radius 3 is 2.93 bits per heavy atom. The molecule has 0 aliphatic rings. The Kier molecular flexibility index (Phi) is 1.99. The minimum Gasteiger partial charge on any atom is -0.302 e. The number of nitrogens with zero attached hydrogens (tertiary/aromatic N) is 3. The highest BCUT2D eigenvalue weighted by molar-refractivity contribution is 5.49. The van der Waals surface area contributed by atoms with E-state index < -0.39 is 5.82 Å². The Labute approximate surface area is 80.1 Å². The van der Waals surface area contributed by atoms with E-state index >= 15 is 0 Å². The zero-order chi connectivity index (χ0) is 9.97. The average Bonchev–Trinajstić information content (AvgIpc) is 2.70. The summed E-state index contributed by atoms with van der Waals surface area (Å²) in [6.45, 7) is 0. The summed E-state index contributed by atoms with van der Waals surface area (Å²) < 4.78 is 14.9. The van der Waals surface area contributed by atoms with Crippen molar-refractivity contribution in [3.63, 3.8) is 0 Å². The maximum absolute atomic E-state index is 13.4. The fraction of sp³-hybridized carbons (Fsp3) is 0. The van der Waals surface area contributed by atoms with E-state index in [-0.39, 0.29) is 5.69 Å². The number of para-hydroxylation sites is 1. The van der Waals surface area contributed by atoms with E-state index in [2.05, 4.69) is 4.98 Å². The van der Waals surface area contributed by atoms with Gasteiger partial charge in [-0.1, -0.05) is 6.07 Å². The van der Waals surface area contributed by atoms with Gasteiger partial charge in [0.2, 0.25) is 0 Å². The second-order valence-corrected chi connectivity index (χ2v) is 2.72. The van der Waals surface area contributed by atoms with Crippen LogP contribution in [0.3, 0.4) is 0 Å². The van der Waals surface area contributed by atoms with E-state index in [0.29, 0.717) is 5.56 Å². The summed E-state index contributed by atoms with van der Waals surface area (Å²) in [5.74, 6) is -0.429. The van der Waals surface area contributed by atoms with Crippen LogP contribution in [0, 0.1) is 17.1 Å². The van der Waals surface area contributed by atoms with Crippen molar-refractivity contribution in [3.8, 4) is 11.8 Å². The van der Waals surface area contributed by atoms with Crippen LogP contribution in [0.2, 0.25) is 0 Å². The van der Waals surface area contributed by atoms with E-state index in [1.54, 1.807) is 12.3 Å². The van der Waals surface area contributed by atoms with E-state index in [1.165, 1.54) is 29.2 Å². The molecule has 0 aliphatic heterocycles. The molecule has 1 aromatic heterocycles. The lowest BCUT2D eigenvalue weighted by Crippen LogP contribution is -1.98. The van der Waals surface area contributed by atoms with Crippen LogP contribution in [-0.4, -0.2) is 9.55 Å². The summed E-state index contributed by atoms with van der Waals surface area (Å²) in [5, 5.41) is 8.79. The summed E-state index contributed by atoms with van der Waals surface area (Å²) in [7, 11) is 0. The fourth-order valence-electron chi connectivity index (χ4n) is 1.26. The maximum atomic E-state index is 13.4. The van der Waals surface area contributed by atoms with Crippen LogP contribution in [0.1, 0.15) is 5.56 Å². The van der Waals surface area contributed by atoms with Gasteiger partial charge >= 0.3 is 0 Å². The van der Waals surface area contributed by atoms with E-state index in [0.717, 1.165) is 0 Å². The predicted octanol–water partition coefficient (Wildman–Crippen LogP) is 1.88. The molecule has 2 rings (SSSR count). The zero-order valence-electron chi connectivity index (χ0n) is 7.18. The molecule has 0 N–H and O–H groups in total. The van der Waals surface area contributed by atoms with E-state index in [4.69, 9.17) is 5.26 Å². The Morgan fingerprint density at radius 1 is 1.43 bits per heavy atom. The lowest BCUT2D eigenvalue weighted by atomic mass is 10.2. The first kappa shape index (κ1) is 8.45. The molecule has 0 saturated heterocycles. The van der Waals surface area contributed by atoms with Gasteiger partial charge in [0.25, 0.3) is 0 Å². The summed E-state index contributed by atoms with van der Waals surface area (Å²) in [4.78, 5) is 3.80. The zero-order valence-corrected chi connectivity index (χ0v) is 7.18. The van der Waals surface area contributed by atoms with Crippen molar-refractivity contribution in [1.29, 1.82) is 5.26 Å². The van der Waals surface area contributed by atoms with Crippen molar-refractivity contribution >= 4 is 0 Å². The van der Waals surface area contributed by atoms with Crippen molar-refractivity contribution in [2.24, 2.45) is 0 Å². The van der Waals surface area contributed by atoms with Gasteiger partial charge in [-0.25, -0.2) is 9.37 Å². The smallest absolute Gasteiger partial charge is 0.148 e. The molecule has 14 heavy (non-hydrogen) atoms. The highest BCUT2D eigenvalue weighted by atomic mass is 19.1. The summed E-state index contributed by atoms with van der Waals surface area (Å²) in [6.07, 6.45) is 4.59. The molecule has 0 spiro atoms. The minimum absolute atomic E-state index is 0.243. The molecule has 0 unspecified atom stereocenters. The summed E-state index contributed by atoms with van der Waals surface area (Å²) >= 11 is 0. The van der Waals surface area contributed by atoms with Gasteiger partial charge in [-0.15, -0.1) is 0 Å². The van der Waals surface area contributed by atoms with Gasteiger partial charge in [0.05, 0.1) is 11.9 Å². The number of nitriles is 1. The molecule has 0 atom stereocenters. The van der Waals surface area contributed by atoms with Gasteiger partial charge < -0.3 is 4.57 Å². The van der Waals surface area contributed by atoms with Gasteiger partial charge in [-0.3, -0.25) is 0 Å². The second kappa shape index (κ2) is 3.30. The van der Waals surface area contributed by atoms with Gasteiger partial charge in [-0.2, -0.15) is 5.26 Å². The van der Waals surface area contributed by atoms with Gasteiger partial charge in [-0.05, 0) is 12.1 Å². The molecule has 0 bridgehead atoms. The highest BCUT2D eigenvalue weighted by Gasteiger charge is 2.08. The third-order valence-electron chi connectivity index (χ3n) is 1.87. The molecule has 0 saturated carbocycles. The fourth-order valence-corrected chi connectivity index (χ4v) is 1.26. The third kappa shape index (κ3) is 1.25. The van der Waals surface area contributed by atoms with Crippen LogP contribution in [-0.2, 0) is 0 Å². The van der Waals surface area contributed by atoms with Gasteiger partial charge in [0.1, 0.15) is 17.6 Å². The number of rotatable bonds is 1. The number of hydrogen-bond donors (Lipinski definition) is 0. The summed E-state index contributed by atoms with van der Waals surface area (Å²) in [5.41, 5.74) is 0.538. The minimum atomic E-state index is -0.429. The number of aromatic nitrogens is 2. The largest absolute Gasteiger partial charge is 0.302 e. The molecule has 68 valence electrons. The normalized spacial score (nSPS) is 9.71. The Morgan fingerprint density at radius 2 is 2.29 bits per heavy atom. The molecular weight excluding hydrogens is 181 g/mol. The Hall–Kier alpha value is -2.15. The molecule has 0 fully saturated rings. The van der Waals surface area contributed by atoms with Crippen LogP contribution in [0.15, 0.2) is 36.9 Å². The van der Waals surface area contributed by atoms with Crippen molar-refractivity contribution in [3.05, 3.63) is 48.3 Å². The standard InChI is InChI=1S/C10H6FN3/c11-9-3-1-2-8(6-12)10(9)14-5-4-13-7-14/h1-5,7H. The van der Waals surface area contributed by atoms with Crippen LogP contribution < -0.4 is 0 Å². The molecule has 1 heterocycles. The molecule has 2 aromatic rings. The molecule has 0 radical (unpaired) electrons. The molecule has 3 nitrogen and oxygen atoms in total. The van der Waals surface area contributed by atoms with Crippen LogP contribution in [0.25, 0.3) is 5.69 Å². The average molecular weight is 187 g/mol. The number of halogens is 1. The van der Waals surface area contributed by atoms with Crippen LogP contribution in [0.5, 0.6) is 0 Å². The first-order valence-corrected chi connectivity index (χ1v) is 4.00. The van der Waals surface area contributed by atoms with Crippen molar-refractivity contribution in [2.45, 2.75) is 0 Å². The molecular formula is C10H6FN3. The number of benzene rings is 1. The number of hydrogen-bond acceptors (Lipinski definition) is 2. The topological polar surface area (TPSA) is 41.6 Å². The van der Waals surface area contributed by atoms with Crippen molar-refractivity contribution in [1.82, 2.24) is 9.55 Å². The Bertz CT molecular complexity index is 483. The van der Waals surface area contributed by atoms with E-state index in [9.17, 15) is 4.39 Å². The molecule has 0 aliphatic carbocycles. The first-order valence-electron chi connectivity index (χ1n) is 4.00. The predicted molar refractivity (Wildman–Crippen MR) is 48.2 cm³/mol. The second-order valence-electron chi connectivity index (χ2n) is 2.72. The molecule has 4 heteroatoms. The lowest BCUT2D eigenvalue weighted by molar-refractivity contribution is 0.617. The first-order chi connectivity index (χ1) is 6.83. The van der Waals surface area contributed by atoms with Gasteiger partial charge in [0.15, 0.2) is 0 Å². The third-order valence-corrected chi connectivity index (χ3v) is 1.87. The Balaban J connectivity index is 2.69. The van der Waals surface area contributed by atoms with Crippen molar-refractivity contribution < 1.29 is 4.39 Å². The lowest BCUT2D eigenvalue weighted by Gasteiger charge is -2.04. The highest BCUT2D eigenvalue weighted by Crippen LogP contribution is 2.17. The molecule has 0 amide bonds. The SMILES string of the molecule is N#Cc1cccc(F)c1-n1ccnc1. The quantitative estimate of drug-likeness (QED) is 0.684. The maximum Gasteiger partial charge on any atom is 0.148 e. The molecule has 1 aromatic carbocycles. The van der Waals surface area contributed by atoms with Gasteiger partial charge in [0, 0.05) is 12.4 Å². The van der Waals surface area contributed by atoms with Crippen molar-refractivity contribution in [2.75, 3.05) is 0 Å². The van der Waals surface area contributed by atoms with Crippen LogP contribution >= 0.6 is 0 Å². The number of imidazole rings is 1.